The van der Waals surface area contributed by atoms with E-state index in [-0.39, 0.29) is 0 Å². The minimum atomic E-state index is 0.717. The van der Waals surface area contributed by atoms with E-state index in [1.165, 1.54) is 0 Å². The molecule has 0 radical (unpaired) electrons. The van der Waals surface area contributed by atoms with Gasteiger partial charge in [0.15, 0.2) is 0 Å². The molecule has 2 heterocycles. The smallest absolute Gasteiger partial charge is 0.0925 e. The van der Waals surface area contributed by atoms with Gasteiger partial charge in [0.2, 0.25) is 0 Å². The Morgan fingerprint density at radius 3 is 3.08 bits per heavy atom. The van der Waals surface area contributed by atoms with E-state index in [2.05, 4.69) is 25.5 Å². The van der Waals surface area contributed by atoms with Crippen molar-refractivity contribution in [3.05, 3.63) is 30.1 Å². The van der Waals surface area contributed by atoms with Crippen LogP contribution in [0.2, 0.25) is 0 Å². The van der Waals surface area contributed by atoms with E-state index in [0.717, 1.165) is 23.6 Å². The summed E-state index contributed by atoms with van der Waals surface area (Å²) in [6.07, 6.45) is 5.24. The molecule has 2 aromatic heterocycles. The van der Waals surface area contributed by atoms with Crippen LogP contribution < -0.4 is 5.32 Å². The van der Waals surface area contributed by atoms with E-state index < -0.39 is 0 Å². The molecule has 0 atom stereocenters. The molecule has 2 rings (SSSR count). The molecular weight excluding hydrogens is 166 g/mol. The summed E-state index contributed by atoms with van der Waals surface area (Å²) in [5, 5.41) is 9.75. The molecule has 0 spiro atoms. The van der Waals surface area contributed by atoms with Gasteiger partial charge in [-0.25, -0.2) is 4.98 Å². The first-order valence-corrected chi connectivity index (χ1v) is 4.08. The first-order chi connectivity index (χ1) is 6.36. The fraction of sp³-hybridized carbons (Fsp3) is 0.250. The van der Waals surface area contributed by atoms with Gasteiger partial charge in [-0.3, -0.25) is 5.10 Å². The van der Waals surface area contributed by atoms with E-state index >= 15 is 0 Å². The fourth-order valence-electron chi connectivity index (χ4n) is 1.10. The van der Waals surface area contributed by atoms with Crippen LogP contribution >= 0.6 is 0 Å². The summed E-state index contributed by atoms with van der Waals surface area (Å²) < 4.78 is 0. The zero-order valence-electron chi connectivity index (χ0n) is 7.33. The molecule has 0 amide bonds. The largest absolute Gasteiger partial charge is 0.377 e. The van der Waals surface area contributed by atoms with E-state index in [9.17, 15) is 0 Å². The quantitative estimate of drug-likeness (QED) is 0.656. The number of imidazole rings is 1. The van der Waals surface area contributed by atoms with Gasteiger partial charge < -0.3 is 10.3 Å². The van der Waals surface area contributed by atoms with Gasteiger partial charge in [-0.1, -0.05) is 0 Å². The van der Waals surface area contributed by atoms with Gasteiger partial charge in [-0.15, -0.1) is 0 Å². The third-order valence-corrected chi connectivity index (χ3v) is 1.89. The van der Waals surface area contributed by atoms with Crippen LogP contribution in [0.5, 0.6) is 0 Å². The normalized spacial score (nSPS) is 10.2. The molecule has 5 nitrogen and oxygen atoms in total. The first kappa shape index (κ1) is 7.85. The summed E-state index contributed by atoms with van der Waals surface area (Å²) in [6.45, 7) is 2.72. The van der Waals surface area contributed by atoms with Crippen molar-refractivity contribution in [2.24, 2.45) is 0 Å². The predicted molar refractivity (Wildman–Crippen MR) is 49.2 cm³/mol. The number of hydrogen-bond acceptors (Lipinski definition) is 3. The molecular formula is C8H11N5. The van der Waals surface area contributed by atoms with E-state index in [1.807, 2.05) is 13.1 Å². The maximum absolute atomic E-state index is 4.17. The maximum atomic E-state index is 4.17. The van der Waals surface area contributed by atoms with Crippen molar-refractivity contribution in [3.63, 3.8) is 0 Å². The topological polar surface area (TPSA) is 69.4 Å². The molecule has 5 heteroatoms. The van der Waals surface area contributed by atoms with Gasteiger partial charge in [0.05, 0.1) is 30.5 Å². The summed E-state index contributed by atoms with van der Waals surface area (Å²) in [4.78, 5) is 7.19. The summed E-state index contributed by atoms with van der Waals surface area (Å²) in [5.41, 5.74) is 3.10. The summed E-state index contributed by atoms with van der Waals surface area (Å²) in [6, 6.07) is 0. The van der Waals surface area contributed by atoms with Gasteiger partial charge in [-0.2, -0.15) is 5.10 Å². The minimum absolute atomic E-state index is 0.717. The highest BCUT2D eigenvalue weighted by atomic mass is 15.1. The van der Waals surface area contributed by atoms with E-state index in [4.69, 9.17) is 0 Å². The molecule has 0 aliphatic rings. The van der Waals surface area contributed by atoms with Gasteiger partial charge in [0, 0.05) is 11.9 Å². The number of aromatic nitrogens is 4. The molecule has 0 saturated heterocycles. The molecule has 0 aliphatic carbocycles. The summed E-state index contributed by atoms with van der Waals surface area (Å²) in [5.74, 6) is 0. The molecule has 0 unspecified atom stereocenters. The second-order valence-electron chi connectivity index (χ2n) is 2.81. The number of hydrogen-bond donors (Lipinski definition) is 3. The fourth-order valence-corrected chi connectivity index (χ4v) is 1.10. The Hall–Kier alpha value is -1.78. The van der Waals surface area contributed by atoms with Gasteiger partial charge >= 0.3 is 0 Å². The Kier molecular flexibility index (Phi) is 1.99. The van der Waals surface area contributed by atoms with Crippen LogP contribution in [-0.4, -0.2) is 20.2 Å². The number of aryl methyl sites for hydroxylation is 1. The Balaban J connectivity index is 1.97. The Morgan fingerprint density at radius 1 is 1.54 bits per heavy atom. The summed E-state index contributed by atoms with van der Waals surface area (Å²) in [7, 11) is 0. The molecule has 2 aromatic rings. The van der Waals surface area contributed by atoms with Crippen LogP contribution in [0.25, 0.3) is 0 Å². The Bertz CT molecular complexity index is 362. The first-order valence-electron chi connectivity index (χ1n) is 4.08. The molecule has 13 heavy (non-hydrogen) atoms. The van der Waals surface area contributed by atoms with Crippen molar-refractivity contribution < 1.29 is 0 Å². The highest BCUT2D eigenvalue weighted by Gasteiger charge is 2.00. The molecule has 3 N–H and O–H groups in total. The predicted octanol–water partition coefficient (Wildman–Crippen LogP) is 1.05. The summed E-state index contributed by atoms with van der Waals surface area (Å²) >= 11 is 0. The van der Waals surface area contributed by atoms with Crippen LogP contribution in [0, 0.1) is 6.92 Å². The second kappa shape index (κ2) is 3.30. The van der Waals surface area contributed by atoms with Crippen LogP contribution in [0.3, 0.4) is 0 Å². The molecule has 0 saturated carbocycles. The number of anilines is 1. The minimum Gasteiger partial charge on any atom is -0.377 e. The van der Waals surface area contributed by atoms with Crippen LogP contribution in [0.1, 0.15) is 11.4 Å². The molecule has 68 valence electrons. The van der Waals surface area contributed by atoms with Crippen molar-refractivity contribution in [2.75, 3.05) is 5.32 Å². The lowest BCUT2D eigenvalue weighted by molar-refractivity contribution is 1.05. The van der Waals surface area contributed by atoms with Crippen molar-refractivity contribution in [3.8, 4) is 0 Å². The number of nitrogens with zero attached hydrogens (tertiary/aromatic N) is 2. The van der Waals surface area contributed by atoms with Crippen LogP contribution in [0.4, 0.5) is 5.69 Å². The number of aromatic amines is 2. The maximum Gasteiger partial charge on any atom is 0.0925 e. The van der Waals surface area contributed by atoms with Crippen molar-refractivity contribution in [1.29, 1.82) is 0 Å². The van der Waals surface area contributed by atoms with E-state index in [0.29, 0.717) is 0 Å². The van der Waals surface area contributed by atoms with Crippen molar-refractivity contribution in [1.82, 2.24) is 20.2 Å². The Labute approximate surface area is 75.6 Å². The third kappa shape index (κ3) is 1.69. The molecule has 0 aromatic carbocycles. The molecule has 0 bridgehead atoms. The molecule has 0 aliphatic heterocycles. The van der Waals surface area contributed by atoms with Crippen LogP contribution in [-0.2, 0) is 6.54 Å². The van der Waals surface area contributed by atoms with E-state index in [1.54, 1.807) is 12.5 Å². The van der Waals surface area contributed by atoms with Gasteiger partial charge in [-0.05, 0) is 6.92 Å². The zero-order chi connectivity index (χ0) is 9.10. The van der Waals surface area contributed by atoms with Crippen LogP contribution in [0.15, 0.2) is 18.7 Å². The van der Waals surface area contributed by atoms with Gasteiger partial charge in [0.25, 0.3) is 0 Å². The standard InChI is InChI=1S/C8H11N5/c1-6-8(11-5-10-6)4-9-7-2-12-13-3-7/h2-3,5,9H,4H2,1H3,(H,10,11)(H,12,13). The zero-order valence-corrected chi connectivity index (χ0v) is 7.33. The van der Waals surface area contributed by atoms with Crippen molar-refractivity contribution in [2.45, 2.75) is 13.5 Å². The Morgan fingerprint density at radius 2 is 2.46 bits per heavy atom. The SMILES string of the molecule is Cc1[nH]cnc1CNc1cn[nH]c1. The van der Waals surface area contributed by atoms with Crippen molar-refractivity contribution >= 4 is 5.69 Å². The average molecular weight is 177 g/mol. The lowest BCUT2D eigenvalue weighted by Gasteiger charge is -2.00. The average Bonchev–Trinajstić information content (AvgIpc) is 2.72. The second-order valence-corrected chi connectivity index (χ2v) is 2.81. The number of nitrogens with one attached hydrogen (secondary N) is 3. The highest BCUT2D eigenvalue weighted by molar-refractivity contribution is 5.38. The number of H-pyrrole nitrogens is 2. The highest BCUT2D eigenvalue weighted by Crippen LogP contribution is 2.06. The van der Waals surface area contributed by atoms with Gasteiger partial charge in [0.1, 0.15) is 0 Å². The molecule has 0 fully saturated rings. The lowest BCUT2D eigenvalue weighted by atomic mass is 10.3. The number of rotatable bonds is 3. The third-order valence-electron chi connectivity index (χ3n) is 1.89. The monoisotopic (exact) mass is 177 g/mol. The lowest BCUT2D eigenvalue weighted by Crippen LogP contribution is -2.00.